The van der Waals surface area contributed by atoms with Gasteiger partial charge in [0, 0.05) is 18.3 Å². The van der Waals surface area contributed by atoms with Crippen LogP contribution in [0.5, 0.6) is 5.75 Å². The molecule has 1 aromatic heterocycles. The van der Waals surface area contributed by atoms with Crippen molar-refractivity contribution in [3.63, 3.8) is 0 Å². The van der Waals surface area contributed by atoms with Crippen molar-refractivity contribution in [3.8, 4) is 5.75 Å². The predicted octanol–water partition coefficient (Wildman–Crippen LogP) is 1.59. The second kappa shape index (κ2) is 6.03. The van der Waals surface area contributed by atoms with E-state index >= 15 is 0 Å². The van der Waals surface area contributed by atoms with E-state index in [1.807, 2.05) is 20.2 Å². The topological polar surface area (TPSA) is 64.9 Å². The number of rotatable bonds is 4. The number of aryl methyl sites for hydroxylation is 2. The second-order valence-electron chi connectivity index (χ2n) is 5.11. The number of ether oxygens (including phenoxy) is 1. The van der Waals surface area contributed by atoms with Crippen LogP contribution in [0.4, 0.5) is 0 Å². The number of hydrogen-bond acceptors (Lipinski definition) is 6. The van der Waals surface area contributed by atoms with Crippen LogP contribution in [-0.2, 0) is 13.5 Å². The summed E-state index contributed by atoms with van der Waals surface area (Å²) < 4.78 is 7.04. The van der Waals surface area contributed by atoms with Crippen LogP contribution in [0.15, 0.2) is 23.4 Å². The molecule has 2 aromatic rings. The maximum Gasteiger partial charge on any atom is 0.209 e. The summed E-state index contributed by atoms with van der Waals surface area (Å²) in [6, 6.07) is 6.63. The molecular weight excluding hydrogens is 286 g/mol. The lowest BCUT2D eigenvalue weighted by atomic mass is 9.87. The molecule has 1 aliphatic rings. The molecule has 2 unspecified atom stereocenters. The number of nitrogens with one attached hydrogen (secondary N) is 1. The molecule has 7 heteroatoms. The minimum absolute atomic E-state index is 0.293. The minimum atomic E-state index is 0.293. The van der Waals surface area contributed by atoms with Crippen molar-refractivity contribution >= 4 is 11.8 Å². The first-order chi connectivity index (χ1) is 10.2. The molecule has 21 heavy (non-hydrogen) atoms. The number of thioether (sulfide) groups is 1. The van der Waals surface area contributed by atoms with E-state index in [1.165, 1.54) is 11.1 Å². The largest absolute Gasteiger partial charge is 0.497 e. The van der Waals surface area contributed by atoms with E-state index in [2.05, 4.69) is 33.0 Å². The summed E-state index contributed by atoms with van der Waals surface area (Å²) in [6.07, 6.45) is 2.14. The highest BCUT2D eigenvalue weighted by atomic mass is 32.2. The summed E-state index contributed by atoms with van der Waals surface area (Å²) in [4.78, 5) is 0. The molecular formula is C14H19N5OS. The summed E-state index contributed by atoms with van der Waals surface area (Å²) in [5, 5.41) is 16.4. The Morgan fingerprint density at radius 1 is 1.43 bits per heavy atom. The van der Waals surface area contributed by atoms with E-state index in [-0.39, 0.29) is 0 Å². The number of nitrogens with zero attached hydrogens (tertiary/aromatic N) is 4. The monoisotopic (exact) mass is 305 g/mol. The number of methoxy groups -OCH3 is 1. The number of hydrogen-bond donors (Lipinski definition) is 1. The summed E-state index contributed by atoms with van der Waals surface area (Å²) in [5.74, 6) is 0.923. The zero-order valence-corrected chi connectivity index (χ0v) is 13.2. The van der Waals surface area contributed by atoms with Crippen molar-refractivity contribution in [2.45, 2.75) is 29.3 Å². The first-order valence-corrected chi connectivity index (χ1v) is 7.84. The molecule has 112 valence electrons. The van der Waals surface area contributed by atoms with Gasteiger partial charge in [0.25, 0.3) is 0 Å². The maximum absolute atomic E-state index is 5.32. The normalized spacial score (nSPS) is 21.1. The highest BCUT2D eigenvalue weighted by Crippen LogP contribution is 2.40. The van der Waals surface area contributed by atoms with Gasteiger partial charge >= 0.3 is 0 Å². The average Bonchev–Trinajstić information content (AvgIpc) is 2.91. The maximum atomic E-state index is 5.32. The number of aromatic nitrogens is 4. The third-order valence-corrected chi connectivity index (χ3v) is 5.27. The molecule has 1 aromatic carbocycles. The minimum Gasteiger partial charge on any atom is -0.497 e. The summed E-state index contributed by atoms with van der Waals surface area (Å²) in [7, 11) is 5.59. The highest BCUT2D eigenvalue weighted by molar-refractivity contribution is 7.99. The van der Waals surface area contributed by atoms with Gasteiger partial charge in [-0.15, -0.1) is 5.10 Å². The molecule has 2 atom stereocenters. The van der Waals surface area contributed by atoms with E-state index in [0.717, 1.165) is 23.7 Å². The molecule has 0 bridgehead atoms. The third kappa shape index (κ3) is 2.75. The van der Waals surface area contributed by atoms with Crippen LogP contribution in [0, 0.1) is 0 Å². The lowest BCUT2D eigenvalue weighted by Gasteiger charge is -2.32. The Kier molecular flexibility index (Phi) is 4.12. The van der Waals surface area contributed by atoms with Crippen molar-refractivity contribution in [1.29, 1.82) is 0 Å². The van der Waals surface area contributed by atoms with Gasteiger partial charge in [0.1, 0.15) is 5.75 Å². The zero-order chi connectivity index (χ0) is 14.8. The molecule has 6 nitrogen and oxygen atoms in total. The molecule has 3 rings (SSSR count). The number of benzene rings is 1. The average molecular weight is 305 g/mol. The smallest absolute Gasteiger partial charge is 0.209 e. The Morgan fingerprint density at radius 2 is 2.29 bits per heavy atom. The van der Waals surface area contributed by atoms with E-state index < -0.39 is 0 Å². The molecule has 1 N–H and O–H groups in total. The van der Waals surface area contributed by atoms with Gasteiger partial charge in [-0.1, -0.05) is 17.8 Å². The predicted molar refractivity (Wildman–Crippen MR) is 81.6 cm³/mol. The van der Waals surface area contributed by atoms with Crippen LogP contribution in [0.1, 0.15) is 23.6 Å². The molecule has 0 aliphatic heterocycles. The van der Waals surface area contributed by atoms with E-state index in [0.29, 0.717) is 11.3 Å². The molecule has 0 fully saturated rings. The van der Waals surface area contributed by atoms with Gasteiger partial charge in [0.05, 0.1) is 7.11 Å². The highest BCUT2D eigenvalue weighted by Gasteiger charge is 2.30. The van der Waals surface area contributed by atoms with Crippen LogP contribution in [-0.4, -0.2) is 39.6 Å². The molecule has 0 saturated heterocycles. The lowest BCUT2D eigenvalue weighted by Crippen LogP contribution is -2.32. The van der Waals surface area contributed by atoms with Gasteiger partial charge in [0.15, 0.2) is 0 Å². The Hall–Kier alpha value is -1.60. The van der Waals surface area contributed by atoms with Crippen molar-refractivity contribution in [1.82, 2.24) is 25.5 Å². The number of tetrazole rings is 1. The van der Waals surface area contributed by atoms with Crippen molar-refractivity contribution < 1.29 is 4.74 Å². The quantitative estimate of drug-likeness (QED) is 0.925. The Balaban J connectivity index is 1.86. The SMILES string of the molecule is CNC1c2ccc(OC)cc2CCC1Sc1nnnn1C. The fourth-order valence-corrected chi connectivity index (χ4v) is 4.02. The van der Waals surface area contributed by atoms with Gasteiger partial charge < -0.3 is 10.1 Å². The van der Waals surface area contributed by atoms with Crippen molar-refractivity contribution in [3.05, 3.63) is 29.3 Å². The van der Waals surface area contributed by atoms with Gasteiger partial charge in [-0.05, 0) is 53.6 Å². The fraction of sp³-hybridized carbons (Fsp3) is 0.500. The fourth-order valence-electron chi connectivity index (χ4n) is 2.82. The Bertz CT molecular complexity index is 630. The van der Waals surface area contributed by atoms with Gasteiger partial charge in [-0.3, -0.25) is 0 Å². The van der Waals surface area contributed by atoms with Gasteiger partial charge in [-0.25, -0.2) is 4.68 Å². The van der Waals surface area contributed by atoms with Crippen LogP contribution < -0.4 is 10.1 Å². The van der Waals surface area contributed by atoms with E-state index in [9.17, 15) is 0 Å². The first kappa shape index (κ1) is 14.3. The molecule has 0 radical (unpaired) electrons. The molecule has 1 aliphatic carbocycles. The van der Waals surface area contributed by atoms with E-state index in [4.69, 9.17) is 4.74 Å². The van der Waals surface area contributed by atoms with Crippen LogP contribution in [0.2, 0.25) is 0 Å². The molecule has 0 saturated carbocycles. The molecule has 1 heterocycles. The zero-order valence-electron chi connectivity index (χ0n) is 12.4. The first-order valence-electron chi connectivity index (χ1n) is 6.96. The molecule has 0 amide bonds. The van der Waals surface area contributed by atoms with Crippen molar-refractivity contribution in [2.24, 2.45) is 7.05 Å². The standard InChI is InChI=1S/C14H19N5OS/c1-15-13-11-6-5-10(20-3)8-9(11)4-7-12(13)21-14-16-17-18-19(14)2/h5-6,8,12-13,15H,4,7H2,1-3H3. The molecule has 0 spiro atoms. The van der Waals surface area contributed by atoms with Crippen LogP contribution in [0.3, 0.4) is 0 Å². The Morgan fingerprint density at radius 3 is 2.95 bits per heavy atom. The third-order valence-electron chi connectivity index (χ3n) is 3.90. The van der Waals surface area contributed by atoms with Crippen LogP contribution in [0.25, 0.3) is 0 Å². The second-order valence-corrected chi connectivity index (χ2v) is 6.32. The summed E-state index contributed by atoms with van der Waals surface area (Å²) in [6.45, 7) is 0. The summed E-state index contributed by atoms with van der Waals surface area (Å²) in [5.41, 5.74) is 2.71. The van der Waals surface area contributed by atoms with E-state index in [1.54, 1.807) is 23.6 Å². The summed E-state index contributed by atoms with van der Waals surface area (Å²) >= 11 is 1.74. The lowest BCUT2D eigenvalue weighted by molar-refractivity contribution is 0.412. The van der Waals surface area contributed by atoms with Gasteiger partial charge in [0.2, 0.25) is 5.16 Å². The Labute approximate surface area is 128 Å². The number of fused-ring (bicyclic) bond motifs is 1. The van der Waals surface area contributed by atoms with Gasteiger partial charge in [-0.2, -0.15) is 0 Å². The van der Waals surface area contributed by atoms with Crippen LogP contribution >= 0.6 is 11.8 Å². The van der Waals surface area contributed by atoms with Crippen molar-refractivity contribution in [2.75, 3.05) is 14.2 Å².